The van der Waals surface area contributed by atoms with Crippen LogP contribution in [0, 0.1) is 5.92 Å². The predicted molar refractivity (Wildman–Crippen MR) is 137 cm³/mol. The number of benzene rings is 1. The van der Waals surface area contributed by atoms with Gasteiger partial charge in [-0.3, -0.25) is 9.59 Å². The zero-order valence-corrected chi connectivity index (χ0v) is 20.7. The summed E-state index contributed by atoms with van der Waals surface area (Å²) in [5.74, 6) is 0.222. The van der Waals surface area contributed by atoms with E-state index >= 15 is 0 Å². The normalized spacial score (nSPS) is 18.2. The standard InChI is InChI=1S/C23H28ClN5O2S2/c24-17-6-8-18(9-7-17)26-23(32)28-11-12-29(20(30)15-28)19(14-16-4-2-1-3-5-16)21(31)27-22-25-10-13-33-22/h6-10,13,16,19H,1-5,11-12,14-15H2,(H,26,32)(H,25,27,31). The summed E-state index contributed by atoms with van der Waals surface area (Å²) in [6.45, 7) is 1.16. The summed E-state index contributed by atoms with van der Waals surface area (Å²) in [4.78, 5) is 34.1. The highest BCUT2D eigenvalue weighted by atomic mass is 35.5. The number of anilines is 2. The van der Waals surface area contributed by atoms with Gasteiger partial charge in [-0.05, 0) is 48.8 Å². The molecule has 4 rings (SSSR count). The molecule has 1 saturated carbocycles. The molecule has 2 heterocycles. The van der Waals surface area contributed by atoms with Crippen molar-refractivity contribution in [2.24, 2.45) is 5.92 Å². The van der Waals surface area contributed by atoms with Crippen LogP contribution in [0.15, 0.2) is 35.8 Å². The van der Waals surface area contributed by atoms with Crippen LogP contribution in [0.2, 0.25) is 5.02 Å². The molecule has 7 nitrogen and oxygen atoms in total. The minimum Gasteiger partial charge on any atom is -0.338 e. The van der Waals surface area contributed by atoms with Crippen LogP contribution in [-0.2, 0) is 9.59 Å². The van der Waals surface area contributed by atoms with Gasteiger partial charge in [0.15, 0.2) is 10.2 Å². The second kappa shape index (κ2) is 11.3. The molecule has 33 heavy (non-hydrogen) atoms. The fourth-order valence-electron chi connectivity index (χ4n) is 4.51. The first-order valence-electron chi connectivity index (χ1n) is 11.3. The third-order valence-electron chi connectivity index (χ3n) is 6.26. The predicted octanol–water partition coefficient (Wildman–Crippen LogP) is 4.62. The Labute approximate surface area is 208 Å². The summed E-state index contributed by atoms with van der Waals surface area (Å²) in [6, 6.07) is 6.76. The van der Waals surface area contributed by atoms with Gasteiger partial charge < -0.3 is 20.4 Å². The van der Waals surface area contributed by atoms with E-state index in [0.717, 1.165) is 18.5 Å². The molecule has 1 aliphatic carbocycles. The quantitative estimate of drug-likeness (QED) is 0.558. The molecule has 1 aromatic heterocycles. The van der Waals surface area contributed by atoms with Crippen molar-refractivity contribution in [3.05, 3.63) is 40.9 Å². The van der Waals surface area contributed by atoms with Crippen LogP contribution in [0.1, 0.15) is 38.5 Å². The maximum Gasteiger partial charge on any atom is 0.248 e. The van der Waals surface area contributed by atoms with Crippen LogP contribution >= 0.6 is 35.2 Å². The second-order valence-corrected chi connectivity index (χ2v) is 10.2. The van der Waals surface area contributed by atoms with E-state index in [1.54, 1.807) is 23.2 Å². The Morgan fingerprint density at radius 1 is 1.18 bits per heavy atom. The number of nitrogens with zero attached hydrogens (tertiary/aromatic N) is 3. The molecule has 2 aromatic rings. The highest BCUT2D eigenvalue weighted by molar-refractivity contribution is 7.80. The van der Waals surface area contributed by atoms with Gasteiger partial charge in [0.2, 0.25) is 11.8 Å². The van der Waals surface area contributed by atoms with Crippen molar-refractivity contribution in [1.29, 1.82) is 0 Å². The summed E-state index contributed by atoms with van der Waals surface area (Å²) < 4.78 is 0. The van der Waals surface area contributed by atoms with Crippen molar-refractivity contribution in [3.63, 3.8) is 0 Å². The third kappa shape index (κ3) is 6.43. The summed E-state index contributed by atoms with van der Waals surface area (Å²) in [5.41, 5.74) is 0.817. The van der Waals surface area contributed by atoms with E-state index in [4.69, 9.17) is 23.8 Å². The van der Waals surface area contributed by atoms with E-state index in [-0.39, 0.29) is 18.4 Å². The van der Waals surface area contributed by atoms with Crippen LogP contribution in [0.4, 0.5) is 10.8 Å². The molecule has 1 unspecified atom stereocenters. The topological polar surface area (TPSA) is 77.6 Å². The Bertz CT molecular complexity index is 964. The van der Waals surface area contributed by atoms with E-state index in [0.29, 0.717) is 40.7 Å². The van der Waals surface area contributed by atoms with E-state index in [1.165, 1.54) is 30.6 Å². The number of amides is 2. The number of nitrogens with one attached hydrogen (secondary N) is 2. The number of carbonyl (C=O) groups is 2. The maximum absolute atomic E-state index is 13.2. The van der Waals surface area contributed by atoms with Crippen LogP contribution in [-0.4, -0.2) is 57.4 Å². The number of halogens is 1. The number of hydrogen-bond donors (Lipinski definition) is 2. The number of thiocarbonyl (C=S) groups is 1. The lowest BCUT2D eigenvalue weighted by molar-refractivity contribution is -0.142. The van der Waals surface area contributed by atoms with Gasteiger partial charge in [0, 0.05) is 35.4 Å². The first-order chi connectivity index (χ1) is 16.0. The summed E-state index contributed by atoms with van der Waals surface area (Å²) in [5, 5.41) is 9.60. The zero-order valence-electron chi connectivity index (χ0n) is 18.3. The van der Waals surface area contributed by atoms with E-state index in [9.17, 15) is 9.59 Å². The van der Waals surface area contributed by atoms with Crippen molar-refractivity contribution in [1.82, 2.24) is 14.8 Å². The molecule has 0 bridgehead atoms. The lowest BCUT2D eigenvalue weighted by Gasteiger charge is -2.40. The fraction of sp³-hybridized carbons (Fsp3) is 0.478. The number of hydrogen-bond acceptors (Lipinski definition) is 5. The molecule has 2 aliphatic rings. The average Bonchev–Trinajstić information content (AvgIpc) is 3.33. The second-order valence-electron chi connectivity index (χ2n) is 8.53. The average molecular weight is 506 g/mol. The highest BCUT2D eigenvalue weighted by Crippen LogP contribution is 2.30. The van der Waals surface area contributed by atoms with Gasteiger partial charge in [-0.2, -0.15) is 0 Å². The highest BCUT2D eigenvalue weighted by Gasteiger charge is 2.36. The Kier molecular flexibility index (Phi) is 8.16. The molecule has 2 amide bonds. The molecule has 2 N–H and O–H groups in total. The first-order valence-corrected chi connectivity index (χ1v) is 13.0. The van der Waals surface area contributed by atoms with Crippen molar-refractivity contribution in [2.75, 3.05) is 30.3 Å². The molecule has 2 fully saturated rings. The molecule has 176 valence electrons. The van der Waals surface area contributed by atoms with Crippen LogP contribution < -0.4 is 10.6 Å². The summed E-state index contributed by atoms with van der Waals surface area (Å²) >= 11 is 12.9. The lowest BCUT2D eigenvalue weighted by atomic mass is 9.84. The Morgan fingerprint density at radius 2 is 1.94 bits per heavy atom. The molecule has 1 aliphatic heterocycles. The minimum atomic E-state index is -0.496. The summed E-state index contributed by atoms with van der Waals surface area (Å²) in [7, 11) is 0. The molecule has 10 heteroatoms. The monoisotopic (exact) mass is 505 g/mol. The number of carbonyl (C=O) groups excluding carboxylic acids is 2. The van der Waals surface area contributed by atoms with Gasteiger partial charge in [0.1, 0.15) is 6.04 Å². The third-order valence-corrected chi connectivity index (χ3v) is 7.56. The summed E-state index contributed by atoms with van der Waals surface area (Å²) in [6.07, 6.45) is 8.22. The number of thiazole rings is 1. The molecule has 1 atom stereocenters. The number of aromatic nitrogens is 1. The van der Waals surface area contributed by atoms with E-state index in [2.05, 4.69) is 15.6 Å². The zero-order chi connectivity index (χ0) is 23.2. The Balaban J connectivity index is 1.41. The maximum atomic E-state index is 13.2. The molecule has 0 radical (unpaired) electrons. The van der Waals surface area contributed by atoms with Crippen LogP contribution in [0.5, 0.6) is 0 Å². The minimum absolute atomic E-state index is 0.0865. The van der Waals surface area contributed by atoms with Gasteiger partial charge in [0.25, 0.3) is 0 Å². The Morgan fingerprint density at radius 3 is 2.61 bits per heavy atom. The molecular weight excluding hydrogens is 478 g/mol. The van der Waals surface area contributed by atoms with Gasteiger partial charge >= 0.3 is 0 Å². The van der Waals surface area contributed by atoms with Gasteiger partial charge in [-0.1, -0.05) is 43.7 Å². The number of piperazine rings is 1. The van der Waals surface area contributed by atoms with E-state index in [1.807, 2.05) is 22.4 Å². The van der Waals surface area contributed by atoms with Gasteiger partial charge in [-0.25, -0.2) is 4.98 Å². The molecule has 1 saturated heterocycles. The van der Waals surface area contributed by atoms with Crippen molar-refractivity contribution in [3.8, 4) is 0 Å². The SMILES string of the molecule is O=C(Nc1nccs1)C(CC1CCCCC1)N1CCN(C(=S)Nc2ccc(Cl)cc2)CC1=O. The fourth-order valence-corrected chi connectivity index (χ4v) is 5.44. The van der Waals surface area contributed by atoms with Crippen molar-refractivity contribution in [2.45, 2.75) is 44.6 Å². The molecule has 1 aromatic carbocycles. The smallest absolute Gasteiger partial charge is 0.248 e. The number of rotatable bonds is 6. The first kappa shape index (κ1) is 23.9. The molecule has 0 spiro atoms. The Hall–Kier alpha value is -2.23. The van der Waals surface area contributed by atoms with Crippen LogP contribution in [0.25, 0.3) is 0 Å². The lowest BCUT2D eigenvalue weighted by Crippen LogP contribution is -2.59. The van der Waals surface area contributed by atoms with Crippen molar-refractivity contribution < 1.29 is 9.59 Å². The van der Waals surface area contributed by atoms with Gasteiger partial charge in [-0.15, -0.1) is 11.3 Å². The molecular formula is C23H28ClN5O2S2. The van der Waals surface area contributed by atoms with E-state index < -0.39 is 6.04 Å². The van der Waals surface area contributed by atoms with Gasteiger partial charge in [0.05, 0.1) is 6.54 Å². The largest absolute Gasteiger partial charge is 0.338 e. The van der Waals surface area contributed by atoms with Crippen molar-refractivity contribution >= 4 is 62.9 Å². The van der Waals surface area contributed by atoms with Crippen LogP contribution in [0.3, 0.4) is 0 Å².